The molecule has 1 aromatic rings. The van der Waals surface area contributed by atoms with Crippen molar-refractivity contribution in [2.45, 2.75) is 50.4 Å². The van der Waals surface area contributed by atoms with Crippen LogP contribution >= 0.6 is 12.6 Å². The summed E-state index contributed by atoms with van der Waals surface area (Å²) in [4.78, 5) is 59.4. The maximum atomic E-state index is 12.9. The van der Waals surface area contributed by atoms with E-state index < -0.39 is 60.2 Å². The van der Waals surface area contributed by atoms with Gasteiger partial charge in [0.2, 0.25) is 17.7 Å². The standard InChI is InChI=1S/C20H28N4O8S/c1-10(21)17(28)23-14(8-11-2-4-12(25)5-3-11)18(29)24-15(9-33)19(30)22-13(20(31)32)6-7-16(26)27/h2-5,10,13-15,25,33H,6-9,21H2,1H3,(H,22,30)(H,23,28)(H,24,29)(H,26,27)(H,31,32). The number of carboxylic acids is 2. The Labute approximate surface area is 195 Å². The first-order valence-electron chi connectivity index (χ1n) is 9.94. The average molecular weight is 485 g/mol. The van der Waals surface area contributed by atoms with Crippen molar-refractivity contribution in [2.24, 2.45) is 5.73 Å². The van der Waals surface area contributed by atoms with Gasteiger partial charge >= 0.3 is 11.9 Å². The molecule has 12 nitrogen and oxygen atoms in total. The van der Waals surface area contributed by atoms with Crippen LogP contribution in [0, 0.1) is 0 Å². The molecule has 0 heterocycles. The van der Waals surface area contributed by atoms with Gasteiger partial charge in [-0.2, -0.15) is 12.6 Å². The zero-order valence-electron chi connectivity index (χ0n) is 17.9. The Kier molecular flexibility index (Phi) is 11.2. The van der Waals surface area contributed by atoms with Crippen molar-refractivity contribution in [1.29, 1.82) is 0 Å². The molecule has 1 aromatic carbocycles. The SMILES string of the molecule is CC(N)C(=O)NC(Cc1ccc(O)cc1)C(=O)NC(CS)C(=O)NC(CCC(=O)O)C(=O)O. The Morgan fingerprint density at radius 1 is 0.909 bits per heavy atom. The highest BCUT2D eigenvalue weighted by molar-refractivity contribution is 7.80. The Morgan fingerprint density at radius 3 is 1.91 bits per heavy atom. The van der Waals surface area contributed by atoms with Crippen LogP contribution in [0.4, 0.5) is 0 Å². The van der Waals surface area contributed by atoms with Crippen LogP contribution in [-0.4, -0.2) is 74.9 Å². The van der Waals surface area contributed by atoms with Crippen molar-refractivity contribution in [3.05, 3.63) is 29.8 Å². The molecule has 0 saturated carbocycles. The second-order valence-corrected chi connectivity index (χ2v) is 7.66. The first-order valence-corrected chi connectivity index (χ1v) is 10.6. The number of carboxylic acid groups (broad SMARTS) is 2. The first-order chi connectivity index (χ1) is 15.4. The molecule has 182 valence electrons. The minimum atomic E-state index is -1.47. The Hall–Kier alpha value is -3.32. The van der Waals surface area contributed by atoms with E-state index in [0.29, 0.717) is 5.56 Å². The van der Waals surface area contributed by atoms with Gasteiger partial charge in [0.1, 0.15) is 23.9 Å². The van der Waals surface area contributed by atoms with Gasteiger partial charge in [0, 0.05) is 18.6 Å². The number of carbonyl (C=O) groups excluding carboxylic acids is 3. The highest BCUT2D eigenvalue weighted by Crippen LogP contribution is 2.12. The van der Waals surface area contributed by atoms with Crippen LogP contribution in [0.1, 0.15) is 25.3 Å². The number of aliphatic carboxylic acids is 2. The first kappa shape index (κ1) is 27.7. The number of carbonyl (C=O) groups is 5. The number of benzene rings is 1. The van der Waals surface area contributed by atoms with Crippen molar-refractivity contribution in [2.75, 3.05) is 5.75 Å². The molecule has 4 unspecified atom stereocenters. The van der Waals surface area contributed by atoms with E-state index in [9.17, 15) is 34.2 Å². The predicted molar refractivity (Wildman–Crippen MR) is 120 cm³/mol. The molecule has 4 atom stereocenters. The highest BCUT2D eigenvalue weighted by atomic mass is 32.1. The summed E-state index contributed by atoms with van der Waals surface area (Å²) in [6.45, 7) is 1.43. The number of nitrogens with two attached hydrogens (primary N) is 1. The summed E-state index contributed by atoms with van der Waals surface area (Å²) in [7, 11) is 0. The van der Waals surface area contributed by atoms with Gasteiger partial charge in [0.05, 0.1) is 6.04 Å². The molecule has 8 N–H and O–H groups in total. The van der Waals surface area contributed by atoms with Crippen LogP contribution in [0.25, 0.3) is 0 Å². The molecule has 0 aliphatic carbocycles. The molecule has 0 radical (unpaired) electrons. The molecule has 3 amide bonds. The van der Waals surface area contributed by atoms with Gasteiger partial charge in [-0.05, 0) is 31.0 Å². The van der Waals surface area contributed by atoms with E-state index in [1.54, 1.807) is 12.1 Å². The zero-order valence-corrected chi connectivity index (χ0v) is 18.7. The van der Waals surface area contributed by atoms with Gasteiger partial charge in [-0.25, -0.2) is 4.79 Å². The maximum Gasteiger partial charge on any atom is 0.326 e. The lowest BCUT2D eigenvalue weighted by atomic mass is 10.0. The van der Waals surface area contributed by atoms with Crippen LogP contribution in [0.3, 0.4) is 0 Å². The molecule has 0 aromatic heterocycles. The van der Waals surface area contributed by atoms with E-state index >= 15 is 0 Å². The molecular weight excluding hydrogens is 456 g/mol. The lowest BCUT2D eigenvalue weighted by Crippen LogP contribution is -2.58. The maximum absolute atomic E-state index is 12.9. The molecule has 0 spiro atoms. The number of thiol groups is 1. The Balaban J connectivity index is 2.94. The molecular formula is C20H28N4O8S. The van der Waals surface area contributed by atoms with Gasteiger partial charge < -0.3 is 37.0 Å². The van der Waals surface area contributed by atoms with Crippen LogP contribution < -0.4 is 21.7 Å². The summed E-state index contributed by atoms with van der Waals surface area (Å²) in [5.74, 6) is -5.07. The van der Waals surface area contributed by atoms with Crippen LogP contribution in [0.5, 0.6) is 5.75 Å². The lowest BCUT2D eigenvalue weighted by molar-refractivity contribution is -0.143. The second-order valence-electron chi connectivity index (χ2n) is 7.30. The molecule has 0 aliphatic heterocycles. The van der Waals surface area contributed by atoms with E-state index in [-0.39, 0.29) is 24.3 Å². The normalized spacial score (nSPS) is 14.3. The number of hydrogen-bond donors (Lipinski definition) is 8. The molecule has 0 fully saturated rings. The van der Waals surface area contributed by atoms with Gasteiger partial charge in [0.25, 0.3) is 0 Å². The summed E-state index contributed by atoms with van der Waals surface area (Å²) in [5.41, 5.74) is 6.16. The lowest BCUT2D eigenvalue weighted by Gasteiger charge is -2.24. The van der Waals surface area contributed by atoms with E-state index in [1.807, 2.05) is 0 Å². The zero-order chi connectivity index (χ0) is 25.1. The van der Waals surface area contributed by atoms with Crippen molar-refractivity contribution >= 4 is 42.3 Å². The quantitative estimate of drug-likeness (QED) is 0.155. The average Bonchev–Trinajstić information content (AvgIpc) is 2.74. The highest BCUT2D eigenvalue weighted by Gasteiger charge is 2.29. The predicted octanol–water partition coefficient (Wildman–Crippen LogP) is -1.38. The van der Waals surface area contributed by atoms with Crippen LogP contribution in [0.2, 0.25) is 0 Å². The van der Waals surface area contributed by atoms with Crippen LogP contribution in [0.15, 0.2) is 24.3 Å². The number of hydrogen-bond acceptors (Lipinski definition) is 8. The molecule has 0 bridgehead atoms. The third-order valence-electron chi connectivity index (χ3n) is 4.50. The smallest absolute Gasteiger partial charge is 0.326 e. The fourth-order valence-corrected chi connectivity index (χ4v) is 2.90. The number of phenolic OH excluding ortho intramolecular Hbond substituents is 1. The number of aromatic hydroxyl groups is 1. The Morgan fingerprint density at radius 2 is 1.42 bits per heavy atom. The van der Waals surface area contributed by atoms with Crippen molar-refractivity contribution in [3.63, 3.8) is 0 Å². The fraction of sp³-hybridized carbons (Fsp3) is 0.450. The molecule has 0 saturated heterocycles. The monoisotopic (exact) mass is 484 g/mol. The largest absolute Gasteiger partial charge is 0.508 e. The molecule has 13 heteroatoms. The number of amides is 3. The van der Waals surface area contributed by atoms with Crippen molar-refractivity contribution < 1.29 is 39.3 Å². The topological polar surface area (TPSA) is 208 Å². The Bertz CT molecular complexity index is 862. The van der Waals surface area contributed by atoms with Crippen molar-refractivity contribution in [1.82, 2.24) is 16.0 Å². The van der Waals surface area contributed by atoms with E-state index in [4.69, 9.17) is 10.8 Å². The van der Waals surface area contributed by atoms with Gasteiger partial charge in [0.15, 0.2) is 0 Å². The van der Waals surface area contributed by atoms with Crippen LogP contribution in [-0.2, 0) is 30.4 Å². The number of phenols is 1. The molecule has 33 heavy (non-hydrogen) atoms. The minimum absolute atomic E-state index is 0.0157. The summed E-state index contributed by atoms with van der Waals surface area (Å²) >= 11 is 4.02. The fourth-order valence-electron chi connectivity index (χ4n) is 2.64. The van der Waals surface area contributed by atoms with Gasteiger partial charge in [-0.1, -0.05) is 12.1 Å². The number of nitrogens with one attached hydrogen (secondary N) is 3. The summed E-state index contributed by atoms with van der Waals surface area (Å²) in [6.07, 6.45) is -0.813. The van der Waals surface area contributed by atoms with Crippen molar-refractivity contribution in [3.8, 4) is 5.75 Å². The minimum Gasteiger partial charge on any atom is -0.508 e. The second kappa shape index (κ2) is 13.3. The van der Waals surface area contributed by atoms with E-state index in [1.165, 1.54) is 19.1 Å². The number of rotatable bonds is 13. The summed E-state index contributed by atoms with van der Waals surface area (Å²) < 4.78 is 0. The third-order valence-corrected chi connectivity index (χ3v) is 4.86. The third kappa shape index (κ3) is 9.78. The van der Waals surface area contributed by atoms with Gasteiger partial charge in [-0.15, -0.1) is 0 Å². The van der Waals surface area contributed by atoms with E-state index in [0.717, 1.165) is 0 Å². The summed E-state index contributed by atoms with van der Waals surface area (Å²) in [5, 5.41) is 34.4. The van der Waals surface area contributed by atoms with Gasteiger partial charge in [-0.3, -0.25) is 19.2 Å². The summed E-state index contributed by atoms with van der Waals surface area (Å²) in [6, 6.07) is 1.14. The van der Waals surface area contributed by atoms with E-state index in [2.05, 4.69) is 28.6 Å². The molecule has 1 rings (SSSR count). The molecule has 0 aliphatic rings.